The predicted molar refractivity (Wildman–Crippen MR) is 80.9 cm³/mol. The molecule has 20 heavy (non-hydrogen) atoms. The highest BCUT2D eigenvalue weighted by atomic mass is 16.3. The predicted octanol–water partition coefficient (Wildman–Crippen LogP) is 2.88. The molecule has 110 valence electrons. The van der Waals surface area contributed by atoms with Crippen LogP contribution in [0.15, 0.2) is 30.3 Å². The molecule has 3 unspecified atom stereocenters. The average molecular weight is 275 g/mol. The smallest absolute Gasteiger partial charge is 0.179 e. The summed E-state index contributed by atoms with van der Waals surface area (Å²) in [5.41, 5.74) is 0.761. The van der Waals surface area contributed by atoms with Crippen molar-refractivity contribution in [2.75, 3.05) is 7.05 Å². The minimum atomic E-state index is -0.300. The summed E-state index contributed by atoms with van der Waals surface area (Å²) in [6, 6.07) is 9.43. The third-order valence-corrected chi connectivity index (χ3v) is 4.46. The first-order valence-electron chi connectivity index (χ1n) is 7.64. The van der Waals surface area contributed by atoms with Crippen LogP contribution >= 0.6 is 0 Å². The maximum absolute atomic E-state index is 12.6. The van der Waals surface area contributed by atoms with E-state index in [-0.39, 0.29) is 24.0 Å². The van der Waals surface area contributed by atoms with Crippen LogP contribution in [-0.4, -0.2) is 41.0 Å². The van der Waals surface area contributed by atoms with Crippen molar-refractivity contribution in [2.45, 2.75) is 57.2 Å². The zero-order valence-electron chi connectivity index (χ0n) is 12.5. The van der Waals surface area contributed by atoms with Gasteiger partial charge in [-0.3, -0.25) is 9.69 Å². The number of benzene rings is 1. The van der Waals surface area contributed by atoms with Crippen molar-refractivity contribution < 1.29 is 9.90 Å². The second-order valence-electron chi connectivity index (χ2n) is 5.74. The van der Waals surface area contributed by atoms with Gasteiger partial charge in [0.1, 0.15) is 0 Å². The first-order valence-corrected chi connectivity index (χ1v) is 7.64. The standard InChI is InChI=1S/C17H25NO2/c1-3-14(17(20)13-9-5-4-6-10-13)18(2)15-11-7-8-12-16(15)19/h4-6,9-10,14-16,19H,3,7-8,11-12H2,1-2H3. The zero-order chi connectivity index (χ0) is 14.5. The van der Waals surface area contributed by atoms with Gasteiger partial charge in [0.05, 0.1) is 12.1 Å². The van der Waals surface area contributed by atoms with E-state index in [4.69, 9.17) is 0 Å². The lowest BCUT2D eigenvalue weighted by atomic mass is 9.89. The third-order valence-electron chi connectivity index (χ3n) is 4.46. The van der Waals surface area contributed by atoms with Crippen LogP contribution < -0.4 is 0 Å². The number of hydrogen-bond donors (Lipinski definition) is 1. The van der Waals surface area contributed by atoms with Gasteiger partial charge in [0.25, 0.3) is 0 Å². The maximum Gasteiger partial charge on any atom is 0.179 e. The van der Waals surface area contributed by atoms with Crippen molar-refractivity contribution in [3.8, 4) is 0 Å². The summed E-state index contributed by atoms with van der Waals surface area (Å²) in [7, 11) is 1.98. The Kier molecular flexibility index (Phi) is 5.32. The van der Waals surface area contributed by atoms with Crippen LogP contribution in [0.25, 0.3) is 0 Å². The van der Waals surface area contributed by atoms with Crippen molar-refractivity contribution in [3.63, 3.8) is 0 Å². The van der Waals surface area contributed by atoms with Gasteiger partial charge in [-0.15, -0.1) is 0 Å². The Balaban J connectivity index is 2.12. The first kappa shape index (κ1) is 15.2. The van der Waals surface area contributed by atoms with Crippen LogP contribution in [0.2, 0.25) is 0 Å². The molecule has 1 aromatic carbocycles. The molecule has 3 atom stereocenters. The molecule has 0 aliphatic heterocycles. The Morgan fingerprint density at radius 1 is 1.30 bits per heavy atom. The van der Waals surface area contributed by atoms with E-state index in [0.717, 1.165) is 37.7 Å². The molecule has 0 amide bonds. The van der Waals surface area contributed by atoms with Gasteiger partial charge in [0.15, 0.2) is 5.78 Å². The topological polar surface area (TPSA) is 40.5 Å². The molecular weight excluding hydrogens is 250 g/mol. The SMILES string of the molecule is CCC(C(=O)c1ccccc1)N(C)C1CCCCC1O. The molecule has 0 bridgehead atoms. The number of nitrogens with zero attached hydrogens (tertiary/aromatic N) is 1. The molecule has 0 radical (unpaired) electrons. The van der Waals surface area contributed by atoms with E-state index in [1.165, 1.54) is 0 Å². The Morgan fingerprint density at radius 3 is 2.55 bits per heavy atom. The van der Waals surface area contributed by atoms with E-state index < -0.39 is 0 Å². The van der Waals surface area contributed by atoms with E-state index in [2.05, 4.69) is 4.90 Å². The number of rotatable bonds is 5. The fourth-order valence-electron chi connectivity index (χ4n) is 3.25. The monoisotopic (exact) mass is 275 g/mol. The molecule has 1 N–H and O–H groups in total. The van der Waals surface area contributed by atoms with Gasteiger partial charge in [-0.05, 0) is 26.3 Å². The van der Waals surface area contributed by atoms with E-state index in [1.807, 2.05) is 44.3 Å². The summed E-state index contributed by atoms with van der Waals surface area (Å²) in [5, 5.41) is 10.2. The molecule has 1 fully saturated rings. The molecular formula is C17H25NO2. The normalized spacial score (nSPS) is 24.6. The second kappa shape index (κ2) is 7.00. The molecule has 1 saturated carbocycles. The van der Waals surface area contributed by atoms with Gasteiger partial charge >= 0.3 is 0 Å². The minimum absolute atomic E-state index is 0.112. The fraction of sp³-hybridized carbons (Fsp3) is 0.588. The van der Waals surface area contributed by atoms with Crippen molar-refractivity contribution in [1.29, 1.82) is 0 Å². The molecule has 0 spiro atoms. The maximum atomic E-state index is 12.6. The zero-order valence-corrected chi connectivity index (χ0v) is 12.5. The molecule has 3 nitrogen and oxygen atoms in total. The van der Waals surface area contributed by atoms with Crippen LogP contribution in [0.5, 0.6) is 0 Å². The van der Waals surface area contributed by atoms with Gasteiger partial charge in [0.2, 0.25) is 0 Å². The Labute approximate surface area is 121 Å². The highest BCUT2D eigenvalue weighted by molar-refractivity contribution is 6.00. The molecule has 0 saturated heterocycles. The molecule has 1 aromatic rings. The Morgan fingerprint density at radius 2 is 1.95 bits per heavy atom. The van der Waals surface area contributed by atoms with E-state index in [1.54, 1.807) is 0 Å². The van der Waals surface area contributed by atoms with Gasteiger partial charge in [0, 0.05) is 11.6 Å². The quantitative estimate of drug-likeness (QED) is 0.840. The van der Waals surface area contributed by atoms with Crippen molar-refractivity contribution in [3.05, 3.63) is 35.9 Å². The highest BCUT2D eigenvalue weighted by Crippen LogP contribution is 2.25. The van der Waals surface area contributed by atoms with Crippen molar-refractivity contribution >= 4 is 5.78 Å². The highest BCUT2D eigenvalue weighted by Gasteiger charge is 2.33. The van der Waals surface area contributed by atoms with Crippen LogP contribution in [0.3, 0.4) is 0 Å². The molecule has 0 aromatic heterocycles. The number of aliphatic hydroxyl groups is 1. The third kappa shape index (κ3) is 3.28. The molecule has 3 heteroatoms. The van der Waals surface area contributed by atoms with Gasteiger partial charge < -0.3 is 5.11 Å². The van der Waals surface area contributed by atoms with E-state index in [0.29, 0.717) is 0 Å². The summed E-state index contributed by atoms with van der Waals surface area (Å²) < 4.78 is 0. The summed E-state index contributed by atoms with van der Waals surface area (Å²) in [4.78, 5) is 14.7. The number of hydrogen-bond acceptors (Lipinski definition) is 3. The second-order valence-corrected chi connectivity index (χ2v) is 5.74. The van der Waals surface area contributed by atoms with Crippen molar-refractivity contribution in [2.24, 2.45) is 0 Å². The van der Waals surface area contributed by atoms with Crippen LogP contribution in [0.4, 0.5) is 0 Å². The average Bonchev–Trinajstić information content (AvgIpc) is 2.49. The number of ketones is 1. The number of likely N-dealkylation sites (N-methyl/N-ethyl adjacent to an activating group) is 1. The van der Waals surface area contributed by atoms with Crippen LogP contribution in [0, 0.1) is 0 Å². The summed E-state index contributed by atoms with van der Waals surface area (Å²) in [6.07, 6.45) is 4.54. The van der Waals surface area contributed by atoms with Gasteiger partial charge in [-0.1, -0.05) is 50.1 Å². The number of carbonyl (C=O) groups excluding carboxylic acids is 1. The lowest BCUT2D eigenvalue weighted by molar-refractivity contribution is 0.0134. The molecule has 2 rings (SSSR count). The van der Waals surface area contributed by atoms with E-state index in [9.17, 15) is 9.90 Å². The number of aliphatic hydroxyl groups excluding tert-OH is 1. The Hall–Kier alpha value is -1.19. The first-order chi connectivity index (χ1) is 9.65. The minimum Gasteiger partial charge on any atom is -0.391 e. The van der Waals surface area contributed by atoms with Crippen LogP contribution in [-0.2, 0) is 0 Å². The molecule has 0 heterocycles. The fourth-order valence-corrected chi connectivity index (χ4v) is 3.25. The van der Waals surface area contributed by atoms with Crippen LogP contribution in [0.1, 0.15) is 49.4 Å². The summed E-state index contributed by atoms with van der Waals surface area (Å²) >= 11 is 0. The lowest BCUT2D eigenvalue weighted by Gasteiger charge is -2.39. The number of Topliss-reactive ketones (excluding diaryl/α,β-unsaturated/α-hetero) is 1. The lowest BCUT2D eigenvalue weighted by Crippen LogP contribution is -2.50. The summed E-state index contributed by atoms with van der Waals surface area (Å²) in [5.74, 6) is 0.161. The van der Waals surface area contributed by atoms with Gasteiger partial charge in [-0.2, -0.15) is 0 Å². The molecule has 1 aliphatic carbocycles. The molecule has 1 aliphatic rings. The number of carbonyl (C=O) groups is 1. The van der Waals surface area contributed by atoms with Crippen molar-refractivity contribution in [1.82, 2.24) is 4.90 Å². The largest absolute Gasteiger partial charge is 0.391 e. The Bertz CT molecular complexity index is 432. The van der Waals surface area contributed by atoms with E-state index >= 15 is 0 Å². The van der Waals surface area contributed by atoms with Gasteiger partial charge in [-0.25, -0.2) is 0 Å². The summed E-state index contributed by atoms with van der Waals surface area (Å²) in [6.45, 7) is 2.04.